The summed E-state index contributed by atoms with van der Waals surface area (Å²) in [5, 5.41) is 6.03. The molecule has 1 aliphatic heterocycles. The molecule has 2 amide bonds. The van der Waals surface area contributed by atoms with E-state index in [1.54, 1.807) is 18.9 Å². The molecular formula is C13H25N3O2. The van der Waals surface area contributed by atoms with Crippen LogP contribution in [0.25, 0.3) is 0 Å². The van der Waals surface area contributed by atoms with E-state index in [-0.39, 0.29) is 17.9 Å². The van der Waals surface area contributed by atoms with Crippen LogP contribution in [0, 0.1) is 0 Å². The molecule has 0 aromatic heterocycles. The maximum absolute atomic E-state index is 12.0. The zero-order valence-corrected chi connectivity index (χ0v) is 11.7. The number of amides is 2. The van der Waals surface area contributed by atoms with Crippen LogP contribution >= 0.6 is 0 Å². The molecule has 0 aromatic rings. The number of carbonyl (C=O) groups excluding carboxylic acids is 2. The minimum absolute atomic E-state index is 0.0422. The predicted molar refractivity (Wildman–Crippen MR) is 71.2 cm³/mol. The van der Waals surface area contributed by atoms with Gasteiger partial charge in [0.1, 0.15) is 6.04 Å². The standard InChI is InChI=1S/C13H25N3O2/c1-4-16(3)13(18)10(2)15-12(17)11-8-6-5-7-9-14-11/h10-11,14H,4-9H2,1-3H3,(H,15,17). The highest BCUT2D eigenvalue weighted by Gasteiger charge is 2.24. The highest BCUT2D eigenvalue weighted by Crippen LogP contribution is 2.08. The molecule has 1 aliphatic rings. The molecule has 1 heterocycles. The van der Waals surface area contributed by atoms with Crippen molar-refractivity contribution in [3.63, 3.8) is 0 Å². The average molecular weight is 255 g/mol. The lowest BCUT2D eigenvalue weighted by Crippen LogP contribution is -2.51. The first-order chi connectivity index (χ1) is 8.56. The lowest BCUT2D eigenvalue weighted by molar-refractivity contribution is -0.135. The zero-order chi connectivity index (χ0) is 13.5. The molecule has 0 radical (unpaired) electrons. The molecule has 18 heavy (non-hydrogen) atoms. The number of hydrogen-bond acceptors (Lipinski definition) is 3. The van der Waals surface area contributed by atoms with Crippen molar-refractivity contribution in [2.24, 2.45) is 0 Å². The zero-order valence-electron chi connectivity index (χ0n) is 11.7. The molecular weight excluding hydrogens is 230 g/mol. The van der Waals surface area contributed by atoms with Gasteiger partial charge in [0.2, 0.25) is 11.8 Å². The van der Waals surface area contributed by atoms with E-state index in [1.807, 2.05) is 6.92 Å². The Bertz CT molecular complexity index is 286. The summed E-state index contributed by atoms with van der Waals surface area (Å²) >= 11 is 0. The molecule has 104 valence electrons. The van der Waals surface area contributed by atoms with E-state index in [9.17, 15) is 9.59 Å². The first-order valence-electron chi connectivity index (χ1n) is 6.85. The van der Waals surface area contributed by atoms with E-state index in [1.165, 1.54) is 6.42 Å². The van der Waals surface area contributed by atoms with Crippen LogP contribution in [-0.4, -0.2) is 48.9 Å². The maximum Gasteiger partial charge on any atom is 0.244 e. The molecule has 2 N–H and O–H groups in total. The summed E-state index contributed by atoms with van der Waals surface area (Å²) in [6, 6.07) is -0.595. The van der Waals surface area contributed by atoms with Gasteiger partial charge >= 0.3 is 0 Å². The monoisotopic (exact) mass is 255 g/mol. The van der Waals surface area contributed by atoms with Crippen LogP contribution in [0.3, 0.4) is 0 Å². The summed E-state index contributed by atoms with van der Waals surface area (Å²) in [6.45, 7) is 5.19. The van der Waals surface area contributed by atoms with Crippen molar-refractivity contribution in [2.75, 3.05) is 20.1 Å². The predicted octanol–water partition coefficient (Wildman–Crippen LogP) is 0.502. The summed E-state index contributed by atoms with van der Waals surface area (Å²) in [5.74, 6) is -0.0956. The first-order valence-corrected chi connectivity index (χ1v) is 6.85. The van der Waals surface area contributed by atoms with Gasteiger partial charge < -0.3 is 15.5 Å². The van der Waals surface area contributed by atoms with E-state index < -0.39 is 6.04 Å². The van der Waals surface area contributed by atoms with Crippen LogP contribution in [0.1, 0.15) is 39.5 Å². The van der Waals surface area contributed by atoms with Crippen molar-refractivity contribution >= 4 is 11.8 Å². The van der Waals surface area contributed by atoms with E-state index in [0.717, 1.165) is 25.8 Å². The number of hydrogen-bond donors (Lipinski definition) is 2. The summed E-state index contributed by atoms with van der Waals surface area (Å²) < 4.78 is 0. The van der Waals surface area contributed by atoms with Crippen molar-refractivity contribution in [3.8, 4) is 0 Å². The lowest BCUT2D eigenvalue weighted by atomic mass is 10.1. The van der Waals surface area contributed by atoms with Gasteiger partial charge in [0, 0.05) is 13.6 Å². The van der Waals surface area contributed by atoms with Gasteiger partial charge in [-0.05, 0) is 33.2 Å². The van der Waals surface area contributed by atoms with Gasteiger partial charge in [0.25, 0.3) is 0 Å². The smallest absolute Gasteiger partial charge is 0.244 e. The topological polar surface area (TPSA) is 61.4 Å². The fourth-order valence-electron chi connectivity index (χ4n) is 2.11. The van der Waals surface area contributed by atoms with Crippen LogP contribution in [0.15, 0.2) is 0 Å². The minimum Gasteiger partial charge on any atom is -0.344 e. The van der Waals surface area contributed by atoms with Crippen LogP contribution in [0.2, 0.25) is 0 Å². The summed E-state index contributed by atoms with van der Waals surface area (Å²) in [7, 11) is 1.74. The van der Waals surface area contributed by atoms with Crippen molar-refractivity contribution in [1.82, 2.24) is 15.5 Å². The Morgan fingerprint density at radius 3 is 2.78 bits per heavy atom. The third-order valence-electron chi connectivity index (χ3n) is 3.46. The third kappa shape index (κ3) is 4.29. The van der Waals surface area contributed by atoms with Crippen molar-refractivity contribution < 1.29 is 9.59 Å². The highest BCUT2D eigenvalue weighted by atomic mass is 16.2. The largest absolute Gasteiger partial charge is 0.344 e. The number of rotatable bonds is 4. The second-order valence-electron chi connectivity index (χ2n) is 4.94. The van der Waals surface area contributed by atoms with Gasteiger partial charge in [-0.2, -0.15) is 0 Å². The Hall–Kier alpha value is -1.10. The van der Waals surface area contributed by atoms with Gasteiger partial charge in [-0.25, -0.2) is 0 Å². The highest BCUT2D eigenvalue weighted by molar-refractivity contribution is 5.89. The molecule has 2 unspecified atom stereocenters. The Kier molecular flexibility index (Phi) is 6.12. The molecule has 1 fully saturated rings. The van der Waals surface area contributed by atoms with Crippen LogP contribution < -0.4 is 10.6 Å². The second-order valence-corrected chi connectivity index (χ2v) is 4.94. The quantitative estimate of drug-likeness (QED) is 0.769. The number of nitrogens with one attached hydrogen (secondary N) is 2. The molecule has 0 aromatic carbocycles. The SMILES string of the molecule is CCN(C)C(=O)C(C)NC(=O)C1CCCCCN1. The Morgan fingerprint density at radius 2 is 2.11 bits per heavy atom. The molecule has 2 atom stereocenters. The molecule has 0 spiro atoms. The van der Waals surface area contributed by atoms with E-state index >= 15 is 0 Å². The average Bonchev–Trinajstić information content (AvgIpc) is 2.65. The Labute approximate surface area is 109 Å². The Morgan fingerprint density at radius 1 is 1.39 bits per heavy atom. The summed E-state index contributed by atoms with van der Waals surface area (Å²) in [4.78, 5) is 25.5. The van der Waals surface area contributed by atoms with Gasteiger partial charge in [-0.3, -0.25) is 9.59 Å². The lowest BCUT2D eigenvalue weighted by Gasteiger charge is -2.23. The maximum atomic E-state index is 12.0. The number of carbonyl (C=O) groups is 2. The Balaban J connectivity index is 2.45. The molecule has 0 saturated carbocycles. The van der Waals surface area contributed by atoms with Gasteiger partial charge in [0.05, 0.1) is 6.04 Å². The van der Waals surface area contributed by atoms with E-state index in [2.05, 4.69) is 10.6 Å². The normalized spacial score (nSPS) is 21.8. The first kappa shape index (κ1) is 15.0. The summed E-state index contributed by atoms with van der Waals surface area (Å²) in [6.07, 6.45) is 4.22. The van der Waals surface area contributed by atoms with Gasteiger partial charge in [-0.15, -0.1) is 0 Å². The summed E-state index contributed by atoms with van der Waals surface area (Å²) in [5.41, 5.74) is 0. The number of likely N-dealkylation sites (N-methyl/N-ethyl adjacent to an activating group) is 1. The van der Waals surface area contributed by atoms with Crippen molar-refractivity contribution in [2.45, 2.75) is 51.6 Å². The molecule has 5 nitrogen and oxygen atoms in total. The molecule has 5 heteroatoms. The fourth-order valence-corrected chi connectivity index (χ4v) is 2.11. The van der Waals surface area contributed by atoms with Gasteiger partial charge in [0.15, 0.2) is 0 Å². The van der Waals surface area contributed by atoms with Crippen LogP contribution in [0.4, 0.5) is 0 Å². The van der Waals surface area contributed by atoms with E-state index in [0.29, 0.717) is 6.54 Å². The number of nitrogens with zero attached hydrogens (tertiary/aromatic N) is 1. The fraction of sp³-hybridized carbons (Fsp3) is 0.846. The molecule has 0 aliphatic carbocycles. The second kappa shape index (κ2) is 7.36. The molecule has 0 bridgehead atoms. The van der Waals surface area contributed by atoms with E-state index in [4.69, 9.17) is 0 Å². The third-order valence-corrected chi connectivity index (χ3v) is 3.46. The van der Waals surface area contributed by atoms with Gasteiger partial charge in [-0.1, -0.05) is 12.8 Å². The van der Waals surface area contributed by atoms with Crippen molar-refractivity contribution in [3.05, 3.63) is 0 Å². The van der Waals surface area contributed by atoms with Crippen LogP contribution in [-0.2, 0) is 9.59 Å². The molecule has 1 saturated heterocycles. The van der Waals surface area contributed by atoms with Crippen LogP contribution in [0.5, 0.6) is 0 Å². The van der Waals surface area contributed by atoms with Crippen molar-refractivity contribution in [1.29, 1.82) is 0 Å². The minimum atomic E-state index is -0.451. The molecule has 1 rings (SSSR count).